The molecule has 1 atom stereocenters. The van der Waals surface area contributed by atoms with Crippen molar-refractivity contribution in [2.75, 3.05) is 0 Å². The number of furan rings is 1. The van der Waals surface area contributed by atoms with Crippen LogP contribution in [0.3, 0.4) is 0 Å². The number of nitriles is 1. The zero-order valence-electron chi connectivity index (χ0n) is 45.2. The van der Waals surface area contributed by atoms with Crippen LogP contribution in [0.1, 0.15) is 64.9 Å². The van der Waals surface area contributed by atoms with Crippen LogP contribution in [-0.4, -0.2) is 18.0 Å². The second-order valence-corrected chi connectivity index (χ2v) is 20.1. The van der Waals surface area contributed by atoms with Gasteiger partial charge in [0.15, 0.2) is 0 Å². The molecule has 0 saturated carbocycles. The fourth-order valence-electron chi connectivity index (χ4n) is 7.47. The smallest absolute Gasteiger partial charge is 0.122 e. The summed E-state index contributed by atoms with van der Waals surface area (Å²) >= 11 is 0. The first-order valence-electron chi connectivity index (χ1n) is 25.3. The number of hydrogen-bond acceptors (Lipinski definition) is 4. The summed E-state index contributed by atoms with van der Waals surface area (Å²) in [4.78, 5) is 8.66. The van der Waals surface area contributed by atoms with Gasteiger partial charge in [-0.3, -0.25) is 0 Å². The molecule has 3 aromatic heterocycles. The number of aryl methyl sites for hydroxylation is 4. The number of rotatable bonds is 5. The molecule has 4 heterocycles. The molecule has 1 aliphatic heterocycles. The normalized spacial score (nSPS) is 18.9. The topological polar surface area (TPSA) is 62.7 Å². The maximum absolute atomic E-state index is 9.39. The van der Waals surface area contributed by atoms with E-state index in [1.807, 2.05) is 36.4 Å². The van der Waals surface area contributed by atoms with E-state index in [0.29, 0.717) is 38.7 Å². The predicted molar refractivity (Wildman–Crippen MR) is 233 cm³/mol. The van der Waals surface area contributed by atoms with E-state index < -0.39 is 35.5 Å². The van der Waals surface area contributed by atoms with Crippen molar-refractivity contribution >= 4 is 30.0 Å². The summed E-state index contributed by atoms with van der Waals surface area (Å²) in [6.07, 6.45) is 3.47. The molecule has 8 aromatic rings. The van der Waals surface area contributed by atoms with Crippen LogP contribution in [0.4, 0.5) is 0 Å². The first-order chi connectivity index (χ1) is 32.7. The molecule has 9 rings (SSSR count). The SMILES string of the molecule is [2H]C([2H])([2H])c1ccc(-c2[c-]cc(C([2H])([2H])[2H])c(-c3ccccc3)c2)nc1.[2H]c1cc(C2CC[Si](C)(C)C2)cc(C([2H])([2H])[2H])c1-c1cc(-c2[c-]ccc3c2oc2c([2H])c(C#N)ccc23)ncc1C([2H])([2H])[2H].[Ir]. The predicted octanol–water partition coefficient (Wildman–Crippen LogP) is 13.6. The van der Waals surface area contributed by atoms with E-state index in [1.54, 1.807) is 48.5 Å². The van der Waals surface area contributed by atoms with Gasteiger partial charge in [-0.2, -0.15) is 5.26 Å². The second kappa shape index (κ2) is 16.6. The molecular weight excluding hydrogens is 891 g/mol. The summed E-state index contributed by atoms with van der Waals surface area (Å²) in [5, 5.41) is 10.7. The van der Waals surface area contributed by atoms with E-state index in [-0.39, 0.29) is 88.3 Å². The van der Waals surface area contributed by atoms with Crippen LogP contribution in [0.25, 0.3) is 66.7 Å². The molecule has 4 nitrogen and oxygen atoms in total. The number of pyridine rings is 2. The van der Waals surface area contributed by atoms with Crippen molar-refractivity contribution < 1.29 is 43.7 Å². The number of nitrogens with zero attached hydrogens (tertiary/aromatic N) is 3. The molecule has 1 unspecified atom stereocenters. The Hall–Kier alpha value is -5.44. The van der Waals surface area contributed by atoms with Crippen molar-refractivity contribution in [2.24, 2.45) is 0 Å². The van der Waals surface area contributed by atoms with Crippen LogP contribution in [-0.2, 0) is 20.1 Å². The van der Waals surface area contributed by atoms with Gasteiger partial charge in [0.05, 0.1) is 20.0 Å². The Kier molecular flexibility index (Phi) is 7.48. The molecule has 0 N–H and O–H groups in total. The monoisotopic (exact) mass is 950 g/mol. The van der Waals surface area contributed by atoms with Crippen molar-refractivity contribution in [3.05, 3.63) is 167 Å². The molecule has 0 bridgehead atoms. The van der Waals surface area contributed by atoms with Gasteiger partial charge >= 0.3 is 0 Å². The molecular formula is C51H45IrN3OSi-2. The van der Waals surface area contributed by atoms with Gasteiger partial charge in [-0.05, 0) is 95.3 Å². The van der Waals surface area contributed by atoms with Crippen LogP contribution < -0.4 is 0 Å². The van der Waals surface area contributed by atoms with Gasteiger partial charge in [0, 0.05) is 62.4 Å². The average molecular weight is 950 g/mol. The number of aromatic nitrogens is 2. The Morgan fingerprint density at radius 2 is 1.67 bits per heavy atom. The van der Waals surface area contributed by atoms with Crippen molar-refractivity contribution in [3.8, 4) is 50.8 Å². The Morgan fingerprint density at radius 1 is 0.825 bits per heavy atom. The standard InChI is InChI=1S/C32H29N2OSi.C19H16N.Ir/c1-20-14-23(24-12-13-36(3,4)19-24)9-11-25(20)29-16-30(34-18-21(29)2)28-7-5-6-27-26-10-8-22(17-33)15-31(26)35-32(27)28;1-14-8-11-19(20-13-14)17-10-9-15(2)18(12-17)16-6-4-3-5-7-16;/h5-6,8-11,14-16,18,24H,12-13,19H2,1-4H3;3-9,11-13H,1-2H3;/q2*-1;/i1D3,2D3,11D,15D;1D3,2D3;. The molecule has 1 saturated heterocycles. The number of benzene rings is 5. The molecule has 1 fully saturated rings. The summed E-state index contributed by atoms with van der Waals surface area (Å²) in [5.41, 5.74) is 5.00. The van der Waals surface area contributed by atoms with E-state index in [0.717, 1.165) is 29.6 Å². The molecule has 57 heavy (non-hydrogen) atoms. The Morgan fingerprint density at radius 3 is 2.40 bits per heavy atom. The van der Waals surface area contributed by atoms with Crippen molar-refractivity contribution in [1.29, 1.82) is 5.26 Å². The number of hydrogen-bond donors (Lipinski definition) is 0. The average Bonchev–Trinajstić information content (AvgIpc) is 3.88. The summed E-state index contributed by atoms with van der Waals surface area (Å²) in [7, 11) is -1.39. The molecule has 1 aliphatic rings. The maximum Gasteiger partial charge on any atom is 0.122 e. The van der Waals surface area contributed by atoms with E-state index in [1.165, 1.54) is 30.6 Å². The summed E-state index contributed by atoms with van der Waals surface area (Å²) < 4.78 is 119. The van der Waals surface area contributed by atoms with Gasteiger partial charge in [-0.15, -0.1) is 47.5 Å². The first kappa shape index (κ1) is 25.7. The van der Waals surface area contributed by atoms with Crippen LogP contribution in [0.5, 0.6) is 0 Å². The van der Waals surface area contributed by atoms with Gasteiger partial charge in [0.1, 0.15) is 5.58 Å². The summed E-state index contributed by atoms with van der Waals surface area (Å²) in [6, 6.07) is 37.2. The molecule has 0 spiro atoms. The Balaban J connectivity index is 0.000000235. The van der Waals surface area contributed by atoms with E-state index in [4.69, 9.17) is 23.6 Å². The fourth-order valence-corrected chi connectivity index (χ4v) is 10.6. The zero-order chi connectivity index (χ0) is 50.7. The van der Waals surface area contributed by atoms with Crippen LogP contribution in [0, 0.1) is 50.9 Å². The van der Waals surface area contributed by atoms with E-state index in [9.17, 15) is 5.26 Å². The molecule has 285 valence electrons. The Labute approximate surface area is 370 Å². The minimum absolute atomic E-state index is 0. The summed E-state index contributed by atoms with van der Waals surface area (Å²) in [5.74, 6) is 0.176. The molecule has 0 aliphatic carbocycles. The largest absolute Gasteiger partial charge is 0.501 e. The third kappa shape index (κ3) is 8.34. The molecule has 6 heteroatoms. The minimum Gasteiger partial charge on any atom is -0.501 e. The van der Waals surface area contributed by atoms with Crippen molar-refractivity contribution in [2.45, 2.75) is 64.9 Å². The quantitative estimate of drug-likeness (QED) is 0.127. The van der Waals surface area contributed by atoms with Gasteiger partial charge in [0.2, 0.25) is 0 Å². The number of fused-ring (bicyclic) bond motifs is 3. The Bertz CT molecular complexity index is 3320. The summed E-state index contributed by atoms with van der Waals surface area (Å²) in [6.45, 7) is -5.07. The van der Waals surface area contributed by atoms with Gasteiger partial charge in [0.25, 0.3) is 0 Å². The fraction of sp³-hybridized carbons (Fsp3) is 0.196. The van der Waals surface area contributed by atoms with Gasteiger partial charge in [-0.25, -0.2) is 0 Å². The molecule has 5 aromatic carbocycles. The van der Waals surface area contributed by atoms with E-state index in [2.05, 4.69) is 35.2 Å². The molecule has 1 radical (unpaired) electrons. The van der Waals surface area contributed by atoms with Crippen LogP contribution >= 0.6 is 0 Å². The van der Waals surface area contributed by atoms with Crippen LogP contribution in [0.15, 0.2) is 126 Å². The zero-order valence-corrected chi connectivity index (χ0v) is 34.6. The third-order valence-electron chi connectivity index (χ3n) is 10.4. The molecule has 0 amide bonds. The van der Waals surface area contributed by atoms with E-state index >= 15 is 0 Å². The minimum atomic E-state index is -2.64. The first-order valence-corrected chi connectivity index (χ1v) is 21.7. The van der Waals surface area contributed by atoms with Crippen molar-refractivity contribution in [3.63, 3.8) is 0 Å². The van der Waals surface area contributed by atoms with Crippen molar-refractivity contribution in [1.82, 2.24) is 9.97 Å². The van der Waals surface area contributed by atoms with Gasteiger partial charge < -0.3 is 14.4 Å². The van der Waals surface area contributed by atoms with Gasteiger partial charge in [-0.1, -0.05) is 121 Å². The third-order valence-corrected chi connectivity index (χ3v) is 13.6. The second-order valence-electron chi connectivity index (χ2n) is 14.8. The maximum atomic E-state index is 9.39. The van der Waals surface area contributed by atoms with Crippen LogP contribution in [0.2, 0.25) is 25.2 Å².